The lowest BCUT2D eigenvalue weighted by Crippen LogP contribution is -2.32. The SMILES string of the molecule is CCN(CC)Cc1cccc(NC(=O)[C@H](C)N)c1. The van der Waals surface area contributed by atoms with E-state index in [0.29, 0.717) is 0 Å². The van der Waals surface area contributed by atoms with Gasteiger partial charge in [0.25, 0.3) is 0 Å². The summed E-state index contributed by atoms with van der Waals surface area (Å²) in [5.74, 6) is -0.157. The van der Waals surface area contributed by atoms with Crippen molar-refractivity contribution in [3.8, 4) is 0 Å². The molecule has 100 valence electrons. The van der Waals surface area contributed by atoms with Gasteiger partial charge in [0.2, 0.25) is 5.91 Å². The van der Waals surface area contributed by atoms with Crippen LogP contribution >= 0.6 is 0 Å². The van der Waals surface area contributed by atoms with Gasteiger partial charge in [-0.3, -0.25) is 9.69 Å². The molecule has 0 heterocycles. The standard InChI is InChI=1S/C14H23N3O/c1-4-17(5-2)10-12-7-6-8-13(9-12)16-14(18)11(3)15/h6-9,11H,4-5,10,15H2,1-3H3,(H,16,18)/t11-/m0/s1. The van der Waals surface area contributed by atoms with Crippen molar-refractivity contribution < 1.29 is 4.79 Å². The maximum absolute atomic E-state index is 11.5. The largest absolute Gasteiger partial charge is 0.325 e. The molecule has 0 radical (unpaired) electrons. The lowest BCUT2D eigenvalue weighted by atomic mass is 10.2. The molecule has 1 aromatic carbocycles. The third kappa shape index (κ3) is 4.47. The number of nitrogens with two attached hydrogens (primary N) is 1. The van der Waals surface area contributed by atoms with Gasteiger partial charge in [-0.2, -0.15) is 0 Å². The van der Waals surface area contributed by atoms with Crippen LogP contribution in [0.2, 0.25) is 0 Å². The Bertz CT molecular complexity index is 386. The Hall–Kier alpha value is -1.39. The van der Waals surface area contributed by atoms with Crippen LogP contribution in [0, 0.1) is 0 Å². The number of amides is 1. The van der Waals surface area contributed by atoms with Crippen LogP contribution in [0.25, 0.3) is 0 Å². The molecule has 4 heteroatoms. The number of rotatable bonds is 6. The number of hydrogen-bond donors (Lipinski definition) is 2. The molecule has 3 N–H and O–H groups in total. The first-order chi connectivity index (χ1) is 8.56. The molecule has 0 spiro atoms. The van der Waals surface area contributed by atoms with Gasteiger partial charge < -0.3 is 11.1 Å². The smallest absolute Gasteiger partial charge is 0.240 e. The van der Waals surface area contributed by atoms with Gasteiger partial charge in [-0.25, -0.2) is 0 Å². The van der Waals surface area contributed by atoms with E-state index in [-0.39, 0.29) is 5.91 Å². The monoisotopic (exact) mass is 249 g/mol. The van der Waals surface area contributed by atoms with Gasteiger partial charge >= 0.3 is 0 Å². The van der Waals surface area contributed by atoms with E-state index in [1.54, 1.807) is 6.92 Å². The zero-order chi connectivity index (χ0) is 13.5. The van der Waals surface area contributed by atoms with Crippen LogP contribution in [-0.2, 0) is 11.3 Å². The molecular weight excluding hydrogens is 226 g/mol. The lowest BCUT2D eigenvalue weighted by Gasteiger charge is -2.18. The molecule has 1 rings (SSSR count). The molecule has 0 unspecified atom stereocenters. The van der Waals surface area contributed by atoms with Gasteiger partial charge in [0.05, 0.1) is 6.04 Å². The van der Waals surface area contributed by atoms with Crippen LogP contribution in [0.3, 0.4) is 0 Å². The van der Waals surface area contributed by atoms with E-state index >= 15 is 0 Å². The Morgan fingerprint density at radius 1 is 1.39 bits per heavy atom. The molecule has 0 aliphatic rings. The zero-order valence-electron chi connectivity index (χ0n) is 11.4. The topological polar surface area (TPSA) is 58.4 Å². The van der Waals surface area contributed by atoms with Crippen molar-refractivity contribution in [3.63, 3.8) is 0 Å². The molecule has 0 bridgehead atoms. The molecule has 0 fully saturated rings. The summed E-state index contributed by atoms with van der Waals surface area (Å²) >= 11 is 0. The van der Waals surface area contributed by atoms with E-state index in [1.807, 2.05) is 18.2 Å². The number of hydrogen-bond acceptors (Lipinski definition) is 3. The Labute approximate surface area is 109 Å². The second kappa shape index (κ2) is 7.13. The minimum absolute atomic E-state index is 0.157. The molecule has 0 saturated heterocycles. The Morgan fingerprint density at radius 2 is 2.06 bits per heavy atom. The highest BCUT2D eigenvalue weighted by atomic mass is 16.2. The van der Waals surface area contributed by atoms with Gasteiger partial charge in [-0.15, -0.1) is 0 Å². The average Bonchev–Trinajstić information content (AvgIpc) is 2.36. The van der Waals surface area contributed by atoms with Gasteiger partial charge in [0.15, 0.2) is 0 Å². The molecule has 4 nitrogen and oxygen atoms in total. The molecule has 1 aromatic rings. The van der Waals surface area contributed by atoms with Crippen LogP contribution in [0.15, 0.2) is 24.3 Å². The number of carbonyl (C=O) groups is 1. The summed E-state index contributed by atoms with van der Waals surface area (Å²) in [5, 5.41) is 2.81. The fraction of sp³-hybridized carbons (Fsp3) is 0.500. The van der Waals surface area contributed by atoms with Crippen molar-refractivity contribution in [2.24, 2.45) is 5.73 Å². The van der Waals surface area contributed by atoms with Crippen LogP contribution in [0.5, 0.6) is 0 Å². The predicted molar refractivity (Wildman–Crippen MR) is 75.3 cm³/mol. The summed E-state index contributed by atoms with van der Waals surface area (Å²) in [6, 6.07) is 7.41. The third-order valence-electron chi connectivity index (χ3n) is 2.91. The fourth-order valence-corrected chi connectivity index (χ4v) is 1.71. The number of anilines is 1. The number of nitrogens with zero attached hydrogens (tertiary/aromatic N) is 1. The molecule has 18 heavy (non-hydrogen) atoms. The van der Waals surface area contributed by atoms with E-state index in [9.17, 15) is 4.79 Å². The minimum Gasteiger partial charge on any atom is -0.325 e. The van der Waals surface area contributed by atoms with Crippen LogP contribution in [-0.4, -0.2) is 29.9 Å². The summed E-state index contributed by atoms with van der Waals surface area (Å²) in [5.41, 5.74) is 7.53. The van der Waals surface area contributed by atoms with E-state index in [1.165, 1.54) is 5.56 Å². The maximum atomic E-state index is 11.5. The highest BCUT2D eigenvalue weighted by Gasteiger charge is 2.08. The zero-order valence-corrected chi connectivity index (χ0v) is 11.4. The summed E-state index contributed by atoms with van der Waals surface area (Å²) in [6.45, 7) is 8.90. The fourth-order valence-electron chi connectivity index (χ4n) is 1.71. The van der Waals surface area contributed by atoms with Crippen LogP contribution < -0.4 is 11.1 Å². The van der Waals surface area contributed by atoms with Gasteiger partial charge in [-0.1, -0.05) is 26.0 Å². The second-order valence-electron chi connectivity index (χ2n) is 4.44. The highest BCUT2D eigenvalue weighted by Crippen LogP contribution is 2.12. The summed E-state index contributed by atoms with van der Waals surface area (Å²) in [6.07, 6.45) is 0. The lowest BCUT2D eigenvalue weighted by molar-refractivity contribution is -0.117. The molecule has 0 aromatic heterocycles. The van der Waals surface area contributed by atoms with E-state index in [2.05, 4.69) is 30.1 Å². The van der Waals surface area contributed by atoms with Crippen LogP contribution in [0.1, 0.15) is 26.3 Å². The van der Waals surface area contributed by atoms with Crippen molar-refractivity contribution in [1.29, 1.82) is 0 Å². The predicted octanol–water partition coefficient (Wildman–Crippen LogP) is 1.81. The minimum atomic E-state index is -0.489. The summed E-state index contributed by atoms with van der Waals surface area (Å²) < 4.78 is 0. The molecule has 0 aliphatic heterocycles. The Morgan fingerprint density at radius 3 is 2.61 bits per heavy atom. The number of benzene rings is 1. The molecule has 1 atom stereocenters. The number of nitrogens with one attached hydrogen (secondary N) is 1. The first-order valence-corrected chi connectivity index (χ1v) is 6.44. The maximum Gasteiger partial charge on any atom is 0.240 e. The first kappa shape index (κ1) is 14.7. The van der Waals surface area contributed by atoms with Crippen molar-refractivity contribution in [2.45, 2.75) is 33.4 Å². The Kier molecular flexibility index (Phi) is 5.82. The van der Waals surface area contributed by atoms with Gasteiger partial charge in [-0.05, 0) is 37.7 Å². The quantitative estimate of drug-likeness (QED) is 0.808. The highest BCUT2D eigenvalue weighted by molar-refractivity contribution is 5.94. The van der Waals surface area contributed by atoms with Gasteiger partial charge in [0, 0.05) is 12.2 Å². The van der Waals surface area contributed by atoms with Gasteiger partial charge in [0.1, 0.15) is 0 Å². The number of carbonyl (C=O) groups excluding carboxylic acids is 1. The van der Waals surface area contributed by atoms with Crippen molar-refractivity contribution in [2.75, 3.05) is 18.4 Å². The van der Waals surface area contributed by atoms with Crippen LogP contribution in [0.4, 0.5) is 5.69 Å². The summed E-state index contributed by atoms with van der Waals surface area (Å²) in [7, 11) is 0. The van der Waals surface area contributed by atoms with Crippen molar-refractivity contribution in [3.05, 3.63) is 29.8 Å². The first-order valence-electron chi connectivity index (χ1n) is 6.44. The summed E-state index contributed by atoms with van der Waals surface area (Å²) in [4.78, 5) is 13.8. The molecular formula is C14H23N3O. The molecule has 1 amide bonds. The Balaban J connectivity index is 2.70. The third-order valence-corrected chi connectivity index (χ3v) is 2.91. The average molecular weight is 249 g/mol. The van der Waals surface area contributed by atoms with Crippen molar-refractivity contribution in [1.82, 2.24) is 4.90 Å². The van der Waals surface area contributed by atoms with E-state index in [4.69, 9.17) is 5.73 Å². The van der Waals surface area contributed by atoms with Crippen molar-refractivity contribution >= 4 is 11.6 Å². The van der Waals surface area contributed by atoms with E-state index < -0.39 is 6.04 Å². The molecule has 0 aliphatic carbocycles. The molecule has 0 saturated carbocycles. The second-order valence-corrected chi connectivity index (χ2v) is 4.44. The normalized spacial score (nSPS) is 12.5. The van der Waals surface area contributed by atoms with E-state index in [0.717, 1.165) is 25.3 Å².